The van der Waals surface area contributed by atoms with Crippen LogP contribution in [0.1, 0.15) is 16.8 Å². The highest BCUT2D eigenvalue weighted by atomic mass is 32.2. The normalized spacial score (nSPS) is 10.6. The number of para-hydroxylation sites is 1. The molecule has 1 aromatic carbocycles. The smallest absolute Gasteiger partial charge is 0.255 e. The van der Waals surface area contributed by atoms with E-state index in [1.807, 2.05) is 19.2 Å². The Kier molecular flexibility index (Phi) is 3.72. The molecule has 0 atom stereocenters. The van der Waals surface area contributed by atoms with E-state index in [-0.39, 0.29) is 11.3 Å². The van der Waals surface area contributed by atoms with Gasteiger partial charge in [-0.1, -0.05) is 30.0 Å². The van der Waals surface area contributed by atoms with E-state index in [0.717, 1.165) is 5.56 Å². The molecule has 2 rings (SSSR count). The third-order valence-corrected chi connectivity index (χ3v) is 3.33. The average molecular weight is 262 g/mol. The molecule has 1 heterocycles. The van der Waals surface area contributed by atoms with Gasteiger partial charge in [0.2, 0.25) is 0 Å². The molecule has 0 spiro atoms. The molecule has 94 valence electrons. The highest BCUT2D eigenvalue weighted by Gasteiger charge is 2.10. The minimum atomic E-state index is -0.143. The van der Waals surface area contributed by atoms with Gasteiger partial charge in [0, 0.05) is 17.7 Å². The molecule has 0 aliphatic carbocycles. The molecule has 0 aliphatic rings. The summed E-state index contributed by atoms with van der Waals surface area (Å²) in [6, 6.07) is 7.01. The molecule has 0 saturated carbocycles. The Bertz CT molecular complexity index is 623. The van der Waals surface area contributed by atoms with Gasteiger partial charge in [-0.25, -0.2) is 4.98 Å². The second-order valence-electron chi connectivity index (χ2n) is 3.94. The molecule has 0 saturated heterocycles. The van der Waals surface area contributed by atoms with Crippen molar-refractivity contribution >= 4 is 11.8 Å². The van der Waals surface area contributed by atoms with Crippen LogP contribution in [0.15, 0.2) is 34.2 Å². The lowest BCUT2D eigenvalue weighted by Crippen LogP contribution is -2.17. The lowest BCUT2D eigenvalue weighted by molar-refractivity contribution is 0.469. The maximum absolute atomic E-state index is 11.9. The van der Waals surface area contributed by atoms with Crippen LogP contribution in [0.2, 0.25) is 0 Å². The molecule has 0 unspecified atom stereocenters. The van der Waals surface area contributed by atoms with Gasteiger partial charge < -0.3 is 10.1 Å². The number of phenolic OH excluding ortho intramolecular Hbond substituents is 1. The number of aryl methyl sites for hydroxylation is 1. The number of nitrogens with zero attached hydrogens (tertiary/aromatic N) is 1. The SMILES string of the molecule is CSc1nc(C)c(Cc2ccccc2O)c(=O)[nH]1. The van der Waals surface area contributed by atoms with Crippen LogP contribution in [0.5, 0.6) is 5.75 Å². The first kappa shape index (κ1) is 12.7. The van der Waals surface area contributed by atoms with Crippen LogP contribution in [0.25, 0.3) is 0 Å². The molecule has 0 amide bonds. The second-order valence-corrected chi connectivity index (χ2v) is 4.74. The van der Waals surface area contributed by atoms with Crippen LogP contribution in [-0.2, 0) is 6.42 Å². The molecular formula is C13H14N2O2S. The summed E-state index contributed by atoms with van der Waals surface area (Å²) in [6.07, 6.45) is 2.25. The summed E-state index contributed by atoms with van der Waals surface area (Å²) in [5, 5.41) is 10.3. The molecule has 0 radical (unpaired) electrons. The molecule has 4 nitrogen and oxygen atoms in total. The third kappa shape index (κ3) is 2.56. The van der Waals surface area contributed by atoms with Gasteiger partial charge in [-0.05, 0) is 24.8 Å². The highest BCUT2D eigenvalue weighted by molar-refractivity contribution is 7.98. The molecule has 2 N–H and O–H groups in total. The van der Waals surface area contributed by atoms with Crippen molar-refractivity contribution in [2.24, 2.45) is 0 Å². The van der Waals surface area contributed by atoms with E-state index in [2.05, 4.69) is 9.97 Å². The van der Waals surface area contributed by atoms with Crippen LogP contribution in [0, 0.1) is 6.92 Å². The maximum Gasteiger partial charge on any atom is 0.255 e. The van der Waals surface area contributed by atoms with Crippen LogP contribution in [0.3, 0.4) is 0 Å². The molecular weight excluding hydrogens is 248 g/mol. The van der Waals surface area contributed by atoms with Crippen LogP contribution >= 0.6 is 11.8 Å². The van der Waals surface area contributed by atoms with E-state index >= 15 is 0 Å². The second kappa shape index (κ2) is 5.27. The summed E-state index contributed by atoms with van der Waals surface area (Å²) < 4.78 is 0. The first-order valence-electron chi connectivity index (χ1n) is 5.52. The molecule has 0 aliphatic heterocycles. The number of thioether (sulfide) groups is 1. The van der Waals surface area contributed by atoms with E-state index < -0.39 is 0 Å². The fourth-order valence-corrected chi connectivity index (χ4v) is 2.16. The van der Waals surface area contributed by atoms with Gasteiger partial charge in [0.1, 0.15) is 5.75 Å². The van der Waals surface area contributed by atoms with Crippen molar-refractivity contribution in [3.8, 4) is 5.75 Å². The summed E-state index contributed by atoms with van der Waals surface area (Å²) in [5.74, 6) is 0.199. The van der Waals surface area contributed by atoms with E-state index in [1.165, 1.54) is 11.8 Å². The van der Waals surface area contributed by atoms with Gasteiger partial charge in [0.25, 0.3) is 5.56 Å². The number of rotatable bonds is 3. The number of hydrogen-bond donors (Lipinski definition) is 2. The van der Waals surface area contributed by atoms with Crippen LogP contribution in [-0.4, -0.2) is 21.3 Å². The van der Waals surface area contributed by atoms with E-state index in [1.54, 1.807) is 18.2 Å². The zero-order valence-electron chi connectivity index (χ0n) is 10.2. The van der Waals surface area contributed by atoms with Gasteiger partial charge >= 0.3 is 0 Å². The predicted molar refractivity (Wildman–Crippen MR) is 72.3 cm³/mol. The lowest BCUT2D eigenvalue weighted by atomic mass is 10.0. The molecule has 0 fully saturated rings. The summed E-state index contributed by atoms with van der Waals surface area (Å²) in [6.45, 7) is 1.81. The number of aromatic hydroxyl groups is 1. The summed E-state index contributed by atoms with van der Waals surface area (Å²) >= 11 is 1.40. The van der Waals surface area contributed by atoms with Crippen LogP contribution < -0.4 is 5.56 Å². The molecule has 5 heteroatoms. The minimum Gasteiger partial charge on any atom is -0.508 e. The number of hydrogen-bond acceptors (Lipinski definition) is 4. The van der Waals surface area contributed by atoms with E-state index in [4.69, 9.17) is 0 Å². The summed E-state index contributed by atoms with van der Waals surface area (Å²) in [7, 11) is 0. The van der Waals surface area contributed by atoms with Gasteiger partial charge in [0.15, 0.2) is 5.16 Å². The van der Waals surface area contributed by atoms with Gasteiger partial charge in [0.05, 0.1) is 0 Å². The molecule has 0 bridgehead atoms. The first-order chi connectivity index (χ1) is 8.61. The van der Waals surface area contributed by atoms with Crippen molar-refractivity contribution in [2.75, 3.05) is 6.26 Å². The number of phenols is 1. The molecule has 18 heavy (non-hydrogen) atoms. The van der Waals surface area contributed by atoms with Crippen LogP contribution in [0.4, 0.5) is 0 Å². The fourth-order valence-electron chi connectivity index (χ4n) is 1.74. The average Bonchev–Trinajstić information content (AvgIpc) is 2.35. The number of nitrogens with one attached hydrogen (secondary N) is 1. The molecule has 2 aromatic rings. The van der Waals surface area contributed by atoms with Crippen molar-refractivity contribution < 1.29 is 5.11 Å². The summed E-state index contributed by atoms with van der Waals surface area (Å²) in [5.41, 5.74) is 1.88. The Morgan fingerprint density at radius 1 is 1.39 bits per heavy atom. The van der Waals surface area contributed by atoms with Gasteiger partial charge in [-0.3, -0.25) is 4.79 Å². The third-order valence-electron chi connectivity index (χ3n) is 2.75. The number of H-pyrrole nitrogens is 1. The fraction of sp³-hybridized carbons (Fsp3) is 0.231. The Morgan fingerprint density at radius 2 is 2.11 bits per heavy atom. The number of benzene rings is 1. The van der Waals surface area contributed by atoms with Crippen molar-refractivity contribution in [2.45, 2.75) is 18.5 Å². The zero-order valence-corrected chi connectivity index (χ0v) is 11.0. The van der Waals surface area contributed by atoms with Gasteiger partial charge in [-0.15, -0.1) is 0 Å². The predicted octanol–water partition coefficient (Wildman–Crippen LogP) is 2.10. The Labute approximate surface area is 109 Å². The van der Waals surface area contributed by atoms with E-state index in [0.29, 0.717) is 22.8 Å². The van der Waals surface area contributed by atoms with Crippen molar-refractivity contribution in [3.05, 3.63) is 51.4 Å². The largest absolute Gasteiger partial charge is 0.508 e. The standard InChI is InChI=1S/C13H14N2O2S/c1-8-10(12(17)15-13(14-8)18-2)7-9-5-3-4-6-11(9)16/h3-6,16H,7H2,1-2H3,(H,14,15,17). The van der Waals surface area contributed by atoms with Crippen molar-refractivity contribution in [1.82, 2.24) is 9.97 Å². The monoisotopic (exact) mass is 262 g/mol. The summed E-state index contributed by atoms with van der Waals surface area (Å²) in [4.78, 5) is 19.0. The van der Waals surface area contributed by atoms with Crippen molar-refractivity contribution in [3.63, 3.8) is 0 Å². The topological polar surface area (TPSA) is 66.0 Å². The zero-order chi connectivity index (χ0) is 13.1. The Morgan fingerprint density at radius 3 is 2.72 bits per heavy atom. The quantitative estimate of drug-likeness (QED) is 0.656. The highest BCUT2D eigenvalue weighted by Crippen LogP contribution is 2.19. The van der Waals surface area contributed by atoms with Crippen molar-refractivity contribution in [1.29, 1.82) is 0 Å². The minimum absolute atomic E-state index is 0.143. The Balaban J connectivity index is 2.42. The molecule has 1 aromatic heterocycles. The van der Waals surface area contributed by atoms with Gasteiger partial charge in [-0.2, -0.15) is 0 Å². The van der Waals surface area contributed by atoms with E-state index in [9.17, 15) is 9.90 Å². The number of aromatic nitrogens is 2. The maximum atomic E-state index is 11.9. The lowest BCUT2D eigenvalue weighted by Gasteiger charge is -2.07. The number of aromatic amines is 1. The Hall–Kier alpha value is -1.75. The first-order valence-corrected chi connectivity index (χ1v) is 6.75.